The number of hydrogen-bond acceptors (Lipinski definition) is 3. The number of nitrogens with one attached hydrogen (secondary N) is 1. The van der Waals surface area contributed by atoms with Crippen LogP contribution in [0.3, 0.4) is 0 Å². The first-order valence-corrected chi connectivity index (χ1v) is 7.70. The fourth-order valence-electron chi connectivity index (χ4n) is 1.12. The Morgan fingerprint density at radius 3 is 2.83 bits per heavy atom. The molecule has 1 rings (SSSR count). The molecule has 1 atom stereocenters. The number of halogens is 1. The molecular formula is C6H12BrNO2S2. The van der Waals surface area contributed by atoms with Crippen LogP contribution in [0.25, 0.3) is 0 Å². The highest BCUT2D eigenvalue weighted by molar-refractivity contribution is 9.10. The maximum absolute atomic E-state index is 11.1. The molecule has 6 heteroatoms. The summed E-state index contributed by atoms with van der Waals surface area (Å²) >= 11 is 4.75. The third-order valence-electron chi connectivity index (χ3n) is 1.65. The van der Waals surface area contributed by atoms with E-state index in [1.54, 1.807) is 0 Å². The van der Waals surface area contributed by atoms with E-state index in [-0.39, 0.29) is 10.7 Å². The molecule has 0 aromatic carbocycles. The van der Waals surface area contributed by atoms with Crippen molar-refractivity contribution in [1.82, 2.24) is 4.72 Å². The molecule has 1 fully saturated rings. The molecule has 1 heterocycles. The van der Waals surface area contributed by atoms with Crippen LogP contribution in [-0.2, 0) is 10.0 Å². The van der Waals surface area contributed by atoms with Gasteiger partial charge in [-0.2, -0.15) is 11.8 Å². The number of rotatable bonds is 3. The maximum atomic E-state index is 11.1. The third-order valence-corrected chi connectivity index (χ3v) is 5.65. The van der Waals surface area contributed by atoms with E-state index in [1.165, 1.54) is 0 Å². The van der Waals surface area contributed by atoms with Gasteiger partial charge in [0, 0.05) is 11.8 Å². The highest BCUT2D eigenvalue weighted by Crippen LogP contribution is 2.17. The van der Waals surface area contributed by atoms with Crippen LogP contribution in [0.5, 0.6) is 0 Å². The summed E-state index contributed by atoms with van der Waals surface area (Å²) in [5, 5.41) is 0. The topological polar surface area (TPSA) is 46.2 Å². The molecule has 0 saturated carbocycles. The van der Waals surface area contributed by atoms with Crippen molar-refractivity contribution in [3.8, 4) is 0 Å². The van der Waals surface area contributed by atoms with E-state index in [1.807, 2.05) is 11.8 Å². The zero-order valence-electron chi connectivity index (χ0n) is 6.62. The fourth-order valence-corrected chi connectivity index (χ4v) is 3.47. The zero-order valence-corrected chi connectivity index (χ0v) is 9.84. The van der Waals surface area contributed by atoms with Gasteiger partial charge >= 0.3 is 0 Å². The van der Waals surface area contributed by atoms with Crippen LogP contribution in [0.1, 0.15) is 12.8 Å². The van der Waals surface area contributed by atoms with Crippen molar-refractivity contribution in [2.24, 2.45) is 0 Å². The molecule has 0 bridgehead atoms. The summed E-state index contributed by atoms with van der Waals surface area (Å²) in [7, 11) is -3.07. The summed E-state index contributed by atoms with van der Waals surface area (Å²) in [6, 6.07) is 0.145. The Morgan fingerprint density at radius 1 is 1.58 bits per heavy atom. The molecule has 3 nitrogen and oxygen atoms in total. The van der Waals surface area contributed by atoms with Crippen molar-refractivity contribution in [2.75, 3.05) is 16.2 Å². The lowest BCUT2D eigenvalue weighted by Crippen LogP contribution is -2.38. The second kappa shape index (κ2) is 4.83. The minimum atomic E-state index is -3.07. The maximum Gasteiger partial charge on any atom is 0.221 e. The lowest BCUT2D eigenvalue weighted by molar-refractivity contribution is 0.547. The van der Waals surface area contributed by atoms with Crippen LogP contribution >= 0.6 is 27.7 Å². The smallest absolute Gasteiger partial charge is 0.212 e. The molecule has 1 aliphatic heterocycles. The molecule has 0 aromatic rings. The van der Waals surface area contributed by atoms with Gasteiger partial charge in [-0.15, -0.1) is 0 Å². The van der Waals surface area contributed by atoms with Crippen molar-refractivity contribution < 1.29 is 8.42 Å². The standard InChI is InChI=1S/C6H12BrNO2S2/c7-5-12(9,10)8-6-2-1-3-11-4-6/h6,8H,1-5H2. The number of hydrogen-bond donors (Lipinski definition) is 1. The molecule has 0 spiro atoms. The summed E-state index contributed by atoms with van der Waals surface area (Å²) in [6.45, 7) is 0. The quantitative estimate of drug-likeness (QED) is 0.785. The van der Waals surface area contributed by atoms with Crippen LogP contribution in [0.15, 0.2) is 0 Å². The molecule has 1 aliphatic rings. The highest BCUT2D eigenvalue weighted by Gasteiger charge is 2.18. The average Bonchev–Trinajstić information content (AvgIpc) is 2.06. The largest absolute Gasteiger partial charge is 0.221 e. The summed E-state index contributed by atoms with van der Waals surface area (Å²) in [5.74, 6) is 2.07. The van der Waals surface area contributed by atoms with E-state index in [0.717, 1.165) is 24.3 Å². The van der Waals surface area contributed by atoms with Gasteiger partial charge in [0.15, 0.2) is 0 Å². The first-order valence-electron chi connectivity index (χ1n) is 3.78. The molecule has 0 aliphatic carbocycles. The minimum Gasteiger partial charge on any atom is -0.212 e. The van der Waals surface area contributed by atoms with Crippen LogP contribution in [0.4, 0.5) is 0 Å². The van der Waals surface area contributed by atoms with E-state index < -0.39 is 10.0 Å². The Balaban J connectivity index is 2.39. The van der Waals surface area contributed by atoms with Crippen molar-refractivity contribution in [2.45, 2.75) is 18.9 Å². The van der Waals surface area contributed by atoms with E-state index >= 15 is 0 Å². The highest BCUT2D eigenvalue weighted by atomic mass is 79.9. The van der Waals surface area contributed by atoms with E-state index in [2.05, 4.69) is 20.7 Å². The monoisotopic (exact) mass is 273 g/mol. The number of sulfonamides is 1. The second-order valence-corrected chi connectivity index (χ2v) is 6.96. The Kier molecular flexibility index (Phi) is 4.36. The predicted octanol–water partition coefficient (Wildman–Crippen LogP) is 1.15. The van der Waals surface area contributed by atoms with Gasteiger partial charge in [0.2, 0.25) is 10.0 Å². The van der Waals surface area contributed by atoms with Crippen molar-refractivity contribution >= 4 is 37.7 Å². The summed E-state index contributed by atoms with van der Waals surface area (Å²) in [4.78, 5) is 0. The Hall–Kier alpha value is 0.740. The lowest BCUT2D eigenvalue weighted by Gasteiger charge is -2.21. The van der Waals surface area contributed by atoms with Crippen molar-refractivity contribution in [1.29, 1.82) is 0 Å². The van der Waals surface area contributed by atoms with Gasteiger partial charge in [0.05, 0.1) is 0 Å². The van der Waals surface area contributed by atoms with Gasteiger partial charge in [0.1, 0.15) is 4.66 Å². The first-order chi connectivity index (χ1) is 5.64. The summed E-state index contributed by atoms with van der Waals surface area (Å²) < 4.78 is 24.9. The molecule has 12 heavy (non-hydrogen) atoms. The average molecular weight is 274 g/mol. The summed E-state index contributed by atoms with van der Waals surface area (Å²) in [6.07, 6.45) is 2.08. The molecular weight excluding hydrogens is 262 g/mol. The fraction of sp³-hybridized carbons (Fsp3) is 1.00. The van der Waals surface area contributed by atoms with E-state index in [4.69, 9.17) is 0 Å². The van der Waals surface area contributed by atoms with Gasteiger partial charge in [-0.05, 0) is 18.6 Å². The Morgan fingerprint density at radius 2 is 2.33 bits per heavy atom. The third kappa shape index (κ3) is 3.64. The van der Waals surface area contributed by atoms with Crippen molar-refractivity contribution in [3.05, 3.63) is 0 Å². The molecule has 1 saturated heterocycles. The van der Waals surface area contributed by atoms with Gasteiger partial charge in [-0.25, -0.2) is 13.1 Å². The van der Waals surface area contributed by atoms with Crippen LogP contribution in [0, 0.1) is 0 Å². The molecule has 0 amide bonds. The zero-order chi connectivity index (χ0) is 9.03. The van der Waals surface area contributed by atoms with Gasteiger partial charge in [-0.3, -0.25) is 0 Å². The minimum absolute atomic E-state index is 0.00116. The number of alkyl halides is 1. The van der Waals surface area contributed by atoms with Gasteiger partial charge in [0.25, 0.3) is 0 Å². The van der Waals surface area contributed by atoms with Crippen LogP contribution < -0.4 is 4.72 Å². The first kappa shape index (κ1) is 10.8. The Bertz CT molecular complexity index is 224. The molecule has 1 N–H and O–H groups in total. The van der Waals surface area contributed by atoms with Gasteiger partial charge < -0.3 is 0 Å². The van der Waals surface area contributed by atoms with Crippen molar-refractivity contribution in [3.63, 3.8) is 0 Å². The SMILES string of the molecule is O=S(=O)(CBr)NC1CCCSC1. The normalized spacial score (nSPS) is 25.6. The van der Waals surface area contributed by atoms with E-state index in [9.17, 15) is 8.42 Å². The van der Waals surface area contributed by atoms with E-state index in [0.29, 0.717) is 0 Å². The van der Waals surface area contributed by atoms with Gasteiger partial charge in [-0.1, -0.05) is 15.9 Å². The lowest BCUT2D eigenvalue weighted by atomic mass is 10.2. The molecule has 0 aromatic heterocycles. The predicted molar refractivity (Wildman–Crippen MR) is 56.2 cm³/mol. The molecule has 72 valence electrons. The number of thioether (sulfide) groups is 1. The Labute approximate surface area is 85.9 Å². The molecule has 1 unspecified atom stereocenters. The van der Waals surface area contributed by atoms with Crippen LogP contribution in [0.2, 0.25) is 0 Å². The molecule has 0 radical (unpaired) electrons. The summed E-state index contributed by atoms with van der Waals surface area (Å²) in [5.41, 5.74) is 0. The van der Waals surface area contributed by atoms with Crippen LogP contribution in [-0.4, -0.2) is 30.6 Å². The second-order valence-electron chi connectivity index (χ2n) is 2.76.